The van der Waals surface area contributed by atoms with Crippen molar-refractivity contribution in [2.75, 3.05) is 25.3 Å². The number of hydrogen-bond donors (Lipinski definition) is 1. The van der Waals surface area contributed by atoms with Crippen molar-refractivity contribution in [2.45, 2.75) is 5.16 Å². The second kappa shape index (κ2) is 10.6. The van der Waals surface area contributed by atoms with Gasteiger partial charge in [-0.1, -0.05) is 47.6 Å². The average molecular weight is 499 g/mol. The van der Waals surface area contributed by atoms with E-state index in [4.69, 9.17) is 21.1 Å². The number of hydrogen-bond acceptors (Lipinski definition) is 6. The Balaban J connectivity index is 1.61. The molecule has 174 valence electrons. The largest absolute Gasteiger partial charge is 0.497 e. The van der Waals surface area contributed by atoms with E-state index < -0.39 is 5.82 Å². The molecule has 1 N–H and O–H groups in total. The summed E-state index contributed by atoms with van der Waals surface area (Å²) < 4.78 is 26.8. The van der Waals surface area contributed by atoms with Gasteiger partial charge in [-0.05, 0) is 24.3 Å². The Morgan fingerprint density at radius 3 is 2.38 bits per heavy atom. The zero-order valence-corrected chi connectivity index (χ0v) is 19.9. The summed E-state index contributed by atoms with van der Waals surface area (Å²) >= 11 is 7.49. The number of benzene rings is 3. The summed E-state index contributed by atoms with van der Waals surface area (Å²) in [7, 11) is 3.06. The van der Waals surface area contributed by atoms with Crippen LogP contribution in [0.3, 0.4) is 0 Å². The smallest absolute Gasteiger partial charge is 0.234 e. The Morgan fingerprint density at radius 1 is 1.03 bits per heavy atom. The minimum atomic E-state index is -0.453. The van der Waals surface area contributed by atoms with E-state index >= 15 is 0 Å². The average Bonchev–Trinajstić information content (AvgIpc) is 3.26. The van der Waals surface area contributed by atoms with Crippen LogP contribution in [0.5, 0.6) is 11.5 Å². The van der Waals surface area contributed by atoms with Gasteiger partial charge in [-0.15, -0.1) is 10.2 Å². The summed E-state index contributed by atoms with van der Waals surface area (Å²) in [6.45, 7) is 0. The van der Waals surface area contributed by atoms with Gasteiger partial charge in [0.2, 0.25) is 5.91 Å². The molecule has 34 heavy (non-hydrogen) atoms. The predicted molar refractivity (Wildman–Crippen MR) is 131 cm³/mol. The first-order valence-corrected chi connectivity index (χ1v) is 11.5. The molecule has 1 aromatic heterocycles. The van der Waals surface area contributed by atoms with Crippen LogP contribution >= 0.6 is 23.4 Å². The Hall–Kier alpha value is -3.56. The number of para-hydroxylation sites is 1. The molecule has 4 aromatic rings. The van der Waals surface area contributed by atoms with Crippen molar-refractivity contribution in [3.05, 3.63) is 77.6 Å². The number of carbonyl (C=O) groups excluding carboxylic acids is 1. The summed E-state index contributed by atoms with van der Waals surface area (Å²) in [6, 6.07) is 18.5. The highest BCUT2D eigenvalue weighted by atomic mass is 35.5. The van der Waals surface area contributed by atoms with Gasteiger partial charge in [-0.3, -0.25) is 9.36 Å². The number of halogens is 2. The summed E-state index contributed by atoms with van der Waals surface area (Å²) in [6.07, 6.45) is 0. The van der Waals surface area contributed by atoms with Crippen molar-refractivity contribution in [3.8, 4) is 28.6 Å². The predicted octanol–water partition coefficient (Wildman–Crippen LogP) is 5.47. The lowest BCUT2D eigenvalue weighted by molar-refractivity contribution is -0.113. The minimum absolute atomic E-state index is 0.00856. The van der Waals surface area contributed by atoms with Crippen LogP contribution < -0.4 is 14.8 Å². The van der Waals surface area contributed by atoms with E-state index in [1.54, 1.807) is 59.2 Å². The second-order valence-corrected chi connectivity index (χ2v) is 8.36. The van der Waals surface area contributed by atoms with Crippen molar-refractivity contribution in [3.63, 3.8) is 0 Å². The van der Waals surface area contributed by atoms with Crippen LogP contribution in [0.15, 0.2) is 71.9 Å². The SMILES string of the molecule is COc1cc(NC(=O)CSc2nnc(-c3ccccc3Cl)n2-c2ccccc2F)cc(OC)c1. The van der Waals surface area contributed by atoms with Crippen molar-refractivity contribution >= 4 is 35.0 Å². The monoisotopic (exact) mass is 498 g/mol. The molecule has 0 aliphatic heterocycles. The molecule has 4 rings (SSSR count). The van der Waals surface area contributed by atoms with E-state index in [0.29, 0.717) is 38.8 Å². The number of carbonyl (C=O) groups is 1. The van der Waals surface area contributed by atoms with Gasteiger partial charge < -0.3 is 14.8 Å². The van der Waals surface area contributed by atoms with Crippen molar-refractivity contribution in [1.82, 2.24) is 14.8 Å². The van der Waals surface area contributed by atoms with E-state index in [1.165, 1.54) is 20.3 Å². The van der Waals surface area contributed by atoms with Crippen LogP contribution in [0.4, 0.5) is 10.1 Å². The normalized spacial score (nSPS) is 10.7. The number of nitrogens with zero attached hydrogens (tertiary/aromatic N) is 3. The maximum atomic E-state index is 14.7. The Morgan fingerprint density at radius 2 is 1.71 bits per heavy atom. The molecule has 0 fully saturated rings. The first kappa shape index (κ1) is 23.6. The molecule has 0 bridgehead atoms. The van der Waals surface area contributed by atoms with Gasteiger partial charge in [0.05, 0.1) is 30.7 Å². The third-order valence-electron chi connectivity index (χ3n) is 4.81. The quantitative estimate of drug-likeness (QED) is 0.324. The molecule has 0 radical (unpaired) electrons. The van der Waals surface area contributed by atoms with Gasteiger partial charge in [-0.2, -0.15) is 0 Å². The van der Waals surface area contributed by atoms with E-state index in [1.807, 2.05) is 6.07 Å². The molecular formula is C24H20ClFN4O3S. The van der Waals surface area contributed by atoms with Crippen LogP contribution in [0, 0.1) is 5.82 Å². The number of ether oxygens (including phenoxy) is 2. The van der Waals surface area contributed by atoms with E-state index in [0.717, 1.165) is 11.8 Å². The highest BCUT2D eigenvalue weighted by molar-refractivity contribution is 7.99. The molecule has 0 aliphatic rings. The first-order chi connectivity index (χ1) is 16.5. The zero-order chi connectivity index (χ0) is 24.1. The Kier molecular flexibility index (Phi) is 7.34. The fraction of sp³-hybridized carbons (Fsp3) is 0.125. The fourth-order valence-electron chi connectivity index (χ4n) is 3.24. The van der Waals surface area contributed by atoms with E-state index in [9.17, 15) is 9.18 Å². The van der Waals surface area contributed by atoms with Crippen LogP contribution in [-0.4, -0.2) is 40.6 Å². The second-order valence-electron chi connectivity index (χ2n) is 7.01. The number of anilines is 1. The van der Waals surface area contributed by atoms with E-state index in [-0.39, 0.29) is 17.3 Å². The third-order valence-corrected chi connectivity index (χ3v) is 6.07. The molecule has 10 heteroatoms. The lowest BCUT2D eigenvalue weighted by Crippen LogP contribution is -2.15. The molecule has 1 heterocycles. The van der Waals surface area contributed by atoms with Crippen LogP contribution in [0.2, 0.25) is 5.02 Å². The molecule has 0 atom stereocenters. The molecule has 3 aromatic carbocycles. The number of nitrogens with one attached hydrogen (secondary N) is 1. The Bertz CT molecular complexity index is 1310. The van der Waals surface area contributed by atoms with E-state index in [2.05, 4.69) is 15.5 Å². The zero-order valence-electron chi connectivity index (χ0n) is 18.3. The van der Waals surface area contributed by atoms with Crippen molar-refractivity contribution in [2.24, 2.45) is 0 Å². The molecule has 7 nitrogen and oxygen atoms in total. The third kappa shape index (κ3) is 5.16. The van der Waals surface area contributed by atoms with Crippen LogP contribution in [-0.2, 0) is 4.79 Å². The highest BCUT2D eigenvalue weighted by Crippen LogP contribution is 2.33. The maximum Gasteiger partial charge on any atom is 0.234 e. The summed E-state index contributed by atoms with van der Waals surface area (Å²) in [5.41, 5.74) is 1.37. The van der Waals surface area contributed by atoms with Gasteiger partial charge in [-0.25, -0.2) is 4.39 Å². The Labute approximate surface area is 204 Å². The van der Waals surface area contributed by atoms with Gasteiger partial charge in [0.1, 0.15) is 17.3 Å². The van der Waals surface area contributed by atoms with Crippen LogP contribution in [0.25, 0.3) is 17.1 Å². The number of thioether (sulfide) groups is 1. The lowest BCUT2D eigenvalue weighted by atomic mass is 10.2. The van der Waals surface area contributed by atoms with Gasteiger partial charge >= 0.3 is 0 Å². The maximum absolute atomic E-state index is 14.7. The van der Waals surface area contributed by atoms with Gasteiger partial charge in [0.25, 0.3) is 0 Å². The van der Waals surface area contributed by atoms with Crippen molar-refractivity contribution < 1.29 is 18.7 Å². The molecule has 0 unspecified atom stereocenters. The number of amides is 1. The number of methoxy groups -OCH3 is 2. The summed E-state index contributed by atoms with van der Waals surface area (Å²) in [5, 5.41) is 12.1. The van der Waals surface area contributed by atoms with Gasteiger partial charge in [0.15, 0.2) is 11.0 Å². The summed E-state index contributed by atoms with van der Waals surface area (Å²) in [4.78, 5) is 12.7. The molecule has 0 spiro atoms. The minimum Gasteiger partial charge on any atom is -0.497 e. The molecule has 0 saturated carbocycles. The molecule has 1 amide bonds. The standard InChI is InChI=1S/C24H20ClFN4O3S/c1-32-16-11-15(12-17(13-16)33-2)27-22(31)14-34-24-29-28-23(18-7-3-4-8-19(18)25)30(24)21-10-6-5-9-20(21)26/h3-13H,14H2,1-2H3,(H,27,31). The fourth-order valence-corrected chi connectivity index (χ4v) is 4.20. The summed E-state index contributed by atoms with van der Waals surface area (Å²) in [5.74, 6) is 0.732. The molecule has 0 saturated heterocycles. The molecule has 0 aliphatic carbocycles. The van der Waals surface area contributed by atoms with Gasteiger partial charge in [0, 0.05) is 29.4 Å². The molecular weight excluding hydrogens is 479 g/mol. The number of aromatic nitrogens is 3. The first-order valence-electron chi connectivity index (χ1n) is 10.1. The van der Waals surface area contributed by atoms with Crippen molar-refractivity contribution in [1.29, 1.82) is 0 Å². The lowest BCUT2D eigenvalue weighted by Gasteiger charge is -2.12. The number of rotatable bonds is 8. The highest BCUT2D eigenvalue weighted by Gasteiger charge is 2.21. The topological polar surface area (TPSA) is 78.3 Å². The van der Waals surface area contributed by atoms with Crippen LogP contribution in [0.1, 0.15) is 0 Å².